The van der Waals surface area contributed by atoms with Crippen LogP contribution in [0, 0.1) is 13.8 Å². The number of anilines is 1. The molecule has 0 fully saturated rings. The summed E-state index contributed by atoms with van der Waals surface area (Å²) in [4.78, 5) is 32.7. The van der Waals surface area contributed by atoms with Crippen molar-refractivity contribution in [2.75, 3.05) is 18.2 Å². The summed E-state index contributed by atoms with van der Waals surface area (Å²) >= 11 is 1.17. The highest BCUT2D eigenvalue weighted by Gasteiger charge is 2.19. The molecule has 7 nitrogen and oxygen atoms in total. The van der Waals surface area contributed by atoms with Crippen LogP contribution < -0.4 is 10.1 Å². The zero-order valence-electron chi connectivity index (χ0n) is 15.1. The Labute approximate surface area is 156 Å². The molecule has 1 unspecified atom stereocenters. The standard InChI is InChI=1S/C18H21N3O4S/c1-11-9-12(2)20-18(19-11)26-10-16(22)25-13(3)17(23)21-14-7-5-6-8-15(14)24-4/h5-9,13H,10H2,1-4H3,(H,21,23). The van der Waals surface area contributed by atoms with Crippen molar-refractivity contribution in [1.82, 2.24) is 9.97 Å². The van der Waals surface area contributed by atoms with E-state index in [0.29, 0.717) is 16.6 Å². The molecule has 0 saturated heterocycles. The number of hydrogen-bond donors (Lipinski definition) is 1. The third-order valence-electron chi connectivity index (χ3n) is 3.32. The molecule has 0 saturated carbocycles. The van der Waals surface area contributed by atoms with Gasteiger partial charge in [0.2, 0.25) is 0 Å². The summed E-state index contributed by atoms with van der Waals surface area (Å²) in [6, 6.07) is 8.86. The Hall–Kier alpha value is -2.61. The molecule has 1 N–H and O–H groups in total. The lowest BCUT2D eigenvalue weighted by Gasteiger charge is -2.15. The van der Waals surface area contributed by atoms with Gasteiger partial charge in [-0.3, -0.25) is 9.59 Å². The lowest BCUT2D eigenvalue weighted by molar-refractivity contribution is -0.150. The Bertz CT molecular complexity index is 778. The number of carbonyl (C=O) groups excluding carboxylic acids is 2. The molecule has 2 aromatic rings. The molecule has 1 amide bonds. The normalized spacial score (nSPS) is 11.5. The molecular weight excluding hydrogens is 354 g/mol. The number of aromatic nitrogens is 2. The van der Waals surface area contributed by atoms with Gasteiger partial charge in [0, 0.05) is 11.4 Å². The number of nitrogens with one attached hydrogen (secondary N) is 1. The molecule has 1 aromatic heterocycles. The van der Waals surface area contributed by atoms with Gasteiger partial charge < -0.3 is 14.8 Å². The Balaban J connectivity index is 1.86. The molecule has 0 spiro atoms. The highest BCUT2D eigenvalue weighted by molar-refractivity contribution is 7.99. The van der Waals surface area contributed by atoms with Crippen molar-refractivity contribution >= 4 is 29.3 Å². The van der Waals surface area contributed by atoms with E-state index in [1.165, 1.54) is 25.8 Å². The lowest BCUT2D eigenvalue weighted by atomic mass is 10.2. The second kappa shape index (κ2) is 9.19. The second-order valence-electron chi connectivity index (χ2n) is 5.54. The number of amides is 1. The smallest absolute Gasteiger partial charge is 0.317 e. The van der Waals surface area contributed by atoms with Crippen LogP contribution in [0.1, 0.15) is 18.3 Å². The van der Waals surface area contributed by atoms with Gasteiger partial charge in [0.15, 0.2) is 11.3 Å². The summed E-state index contributed by atoms with van der Waals surface area (Å²) < 4.78 is 10.3. The van der Waals surface area contributed by atoms with Crippen LogP contribution in [-0.2, 0) is 14.3 Å². The number of carbonyl (C=O) groups is 2. The van der Waals surface area contributed by atoms with E-state index in [9.17, 15) is 9.59 Å². The molecule has 0 aliphatic carbocycles. The van der Waals surface area contributed by atoms with Crippen LogP contribution in [0.15, 0.2) is 35.5 Å². The summed E-state index contributed by atoms with van der Waals surface area (Å²) in [6.45, 7) is 5.24. The first kappa shape index (κ1) is 19.7. The molecule has 0 bridgehead atoms. The first-order chi connectivity index (χ1) is 12.4. The van der Waals surface area contributed by atoms with Crippen LogP contribution >= 0.6 is 11.8 Å². The fourth-order valence-corrected chi connectivity index (χ4v) is 2.88. The predicted molar refractivity (Wildman–Crippen MR) is 99.4 cm³/mol. The molecule has 1 heterocycles. The van der Waals surface area contributed by atoms with Crippen molar-refractivity contribution in [2.45, 2.75) is 32.0 Å². The molecule has 8 heteroatoms. The molecule has 1 aromatic carbocycles. The number of aryl methyl sites for hydroxylation is 2. The summed E-state index contributed by atoms with van der Waals surface area (Å²) in [6.07, 6.45) is -0.937. The quantitative estimate of drug-likeness (QED) is 0.452. The Kier molecular flexibility index (Phi) is 6.97. The van der Waals surface area contributed by atoms with Crippen molar-refractivity contribution in [3.8, 4) is 5.75 Å². The van der Waals surface area contributed by atoms with Crippen LogP contribution in [-0.4, -0.2) is 40.8 Å². The minimum absolute atomic E-state index is 0.0230. The maximum Gasteiger partial charge on any atom is 0.317 e. The highest BCUT2D eigenvalue weighted by atomic mass is 32.2. The molecule has 0 aliphatic heterocycles. The van der Waals surface area contributed by atoms with Gasteiger partial charge in [-0.25, -0.2) is 9.97 Å². The lowest BCUT2D eigenvalue weighted by Crippen LogP contribution is -2.30. The zero-order chi connectivity index (χ0) is 19.1. The third-order valence-corrected chi connectivity index (χ3v) is 4.14. The number of rotatable bonds is 7. The van der Waals surface area contributed by atoms with E-state index in [2.05, 4.69) is 15.3 Å². The van der Waals surface area contributed by atoms with Crippen LogP contribution in [0.3, 0.4) is 0 Å². The molecule has 0 aliphatic rings. The van der Waals surface area contributed by atoms with Crippen LogP contribution in [0.2, 0.25) is 0 Å². The van der Waals surface area contributed by atoms with Gasteiger partial charge in [-0.05, 0) is 39.0 Å². The topological polar surface area (TPSA) is 90.4 Å². The van der Waals surface area contributed by atoms with Crippen molar-refractivity contribution < 1.29 is 19.1 Å². The number of thioether (sulfide) groups is 1. The molecule has 138 valence electrons. The van der Waals surface area contributed by atoms with E-state index in [-0.39, 0.29) is 5.75 Å². The van der Waals surface area contributed by atoms with Crippen LogP contribution in [0.25, 0.3) is 0 Å². The number of methoxy groups -OCH3 is 1. The molecular formula is C18H21N3O4S. The molecule has 0 radical (unpaired) electrons. The van der Waals surface area contributed by atoms with Crippen molar-refractivity contribution in [2.24, 2.45) is 0 Å². The minimum Gasteiger partial charge on any atom is -0.495 e. The van der Waals surface area contributed by atoms with Gasteiger partial charge in [-0.15, -0.1) is 0 Å². The summed E-state index contributed by atoms with van der Waals surface area (Å²) in [5.41, 5.74) is 2.18. The van der Waals surface area contributed by atoms with Gasteiger partial charge in [-0.1, -0.05) is 23.9 Å². The van der Waals surface area contributed by atoms with Gasteiger partial charge in [0.05, 0.1) is 18.6 Å². The van der Waals surface area contributed by atoms with Gasteiger partial charge in [0.1, 0.15) is 5.75 Å². The first-order valence-electron chi connectivity index (χ1n) is 7.97. The van der Waals surface area contributed by atoms with Crippen molar-refractivity contribution in [3.63, 3.8) is 0 Å². The highest BCUT2D eigenvalue weighted by Crippen LogP contribution is 2.23. The number of ether oxygens (including phenoxy) is 2. The molecule has 1 atom stereocenters. The SMILES string of the molecule is COc1ccccc1NC(=O)C(C)OC(=O)CSc1nc(C)cc(C)n1. The first-order valence-corrected chi connectivity index (χ1v) is 8.96. The summed E-state index contributed by atoms with van der Waals surface area (Å²) in [5, 5.41) is 3.19. The summed E-state index contributed by atoms with van der Waals surface area (Å²) in [5.74, 6) is -0.396. The number of para-hydroxylation sites is 2. The number of benzene rings is 1. The summed E-state index contributed by atoms with van der Waals surface area (Å²) in [7, 11) is 1.51. The van der Waals surface area contributed by atoms with E-state index in [0.717, 1.165) is 11.4 Å². The Morgan fingerprint density at radius 2 is 1.85 bits per heavy atom. The van der Waals surface area contributed by atoms with Gasteiger partial charge in [-0.2, -0.15) is 0 Å². The average molecular weight is 375 g/mol. The Morgan fingerprint density at radius 1 is 1.19 bits per heavy atom. The minimum atomic E-state index is -0.937. The van der Waals surface area contributed by atoms with E-state index < -0.39 is 18.0 Å². The zero-order valence-corrected chi connectivity index (χ0v) is 15.9. The third kappa shape index (κ3) is 5.73. The monoisotopic (exact) mass is 375 g/mol. The Morgan fingerprint density at radius 3 is 2.50 bits per heavy atom. The number of esters is 1. The fraction of sp³-hybridized carbons (Fsp3) is 0.333. The molecule has 2 rings (SSSR count). The van der Waals surface area contributed by atoms with E-state index in [1.54, 1.807) is 24.3 Å². The van der Waals surface area contributed by atoms with Gasteiger partial charge >= 0.3 is 5.97 Å². The van der Waals surface area contributed by atoms with E-state index in [1.807, 2.05) is 19.9 Å². The maximum atomic E-state index is 12.2. The fourth-order valence-electron chi connectivity index (χ4n) is 2.15. The maximum absolute atomic E-state index is 12.2. The van der Waals surface area contributed by atoms with Crippen molar-refractivity contribution in [3.05, 3.63) is 41.7 Å². The van der Waals surface area contributed by atoms with E-state index in [4.69, 9.17) is 9.47 Å². The van der Waals surface area contributed by atoms with Gasteiger partial charge in [0.25, 0.3) is 5.91 Å². The van der Waals surface area contributed by atoms with Crippen molar-refractivity contribution in [1.29, 1.82) is 0 Å². The number of nitrogens with zero attached hydrogens (tertiary/aromatic N) is 2. The molecule has 26 heavy (non-hydrogen) atoms. The van der Waals surface area contributed by atoms with Crippen LogP contribution in [0.5, 0.6) is 5.75 Å². The predicted octanol–water partition coefficient (Wildman–Crippen LogP) is 2.76. The largest absolute Gasteiger partial charge is 0.495 e. The average Bonchev–Trinajstić information content (AvgIpc) is 2.59. The van der Waals surface area contributed by atoms with E-state index >= 15 is 0 Å². The van der Waals surface area contributed by atoms with Crippen LogP contribution in [0.4, 0.5) is 5.69 Å². The number of hydrogen-bond acceptors (Lipinski definition) is 7. The second-order valence-corrected chi connectivity index (χ2v) is 6.49.